The van der Waals surface area contributed by atoms with Crippen molar-refractivity contribution in [2.75, 3.05) is 6.61 Å². The van der Waals surface area contributed by atoms with Gasteiger partial charge in [0.05, 0.1) is 13.0 Å². The molecule has 0 rings (SSSR count). The monoisotopic (exact) mass is 202 g/mol. The lowest BCUT2D eigenvalue weighted by Crippen LogP contribution is -2.49. The molecule has 0 spiro atoms. The molecule has 0 saturated carbocycles. The Morgan fingerprint density at radius 1 is 1.57 bits per heavy atom. The fraction of sp³-hybridized carbons (Fsp3) is 0.625. The molecule has 0 saturated heterocycles. The molecule has 0 aromatic carbocycles. The van der Waals surface area contributed by atoms with E-state index in [2.05, 4.69) is 4.74 Å². The first-order chi connectivity index (χ1) is 6.44. The standard InChI is InChI=1S/C8H14N2O4/c1-3-14-7(13)8(2,9)4-6(12)10-5-11/h5H,3-4,9H2,1-2H3,(H,10,11,12)/t8-/m0/s1. The van der Waals surface area contributed by atoms with Crippen molar-refractivity contribution in [1.29, 1.82) is 0 Å². The first-order valence-electron chi connectivity index (χ1n) is 4.13. The van der Waals surface area contributed by atoms with Gasteiger partial charge in [0.15, 0.2) is 0 Å². The molecule has 0 aromatic rings. The van der Waals surface area contributed by atoms with Gasteiger partial charge < -0.3 is 10.5 Å². The van der Waals surface area contributed by atoms with Gasteiger partial charge in [0.1, 0.15) is 5.54 Å². The van der Waals surface area contributed by atoms with Crippen LogP contribution in [0.5, 0.6) is 0 Å². The van der Waals surface area contributed by atoms with Gasteiger partial charge in [-0.15, -0.1) is 0 Å². The van der Waals surface area contributed by atoms with E-state index in [1.54, 1.807) is 6.92 Å². The van der Waals surface area contributed by atoms with E-state index in [9.17, 15) is 14.4 Å². The van der Waals surface area contributed by atoms with E-state index in [4.69, 9.17) is 5.73 Å². The Labute approximate surface area is 81.8 Å². The fourth-order valence-electron chi connectivity index (χ4n) is 0.818. The van der Waals surface area contributed by atoms with Gasteiger partial charge in [-0.05, 0) is 13.8 Å². The summed E-state index contributed by atoms with van der Waals surface area (Å²) < 4.78 is 4.65. The number of nitrogens with one attached hydrogen (secondary N) is 1. The average Bonchev–Trinajstić information content (AvgIpc) is 2.03. The third kappa shape index (κ3) is 3.99. The predicted molar refractivity (Wildman–Crippen MR) is 48.0 cm³/mol. The summed E-state index contributed by atoms with van der Waals surface area (Å²) in [5.74, 6) is -1.28. The highest BCUT2D eigenvalue weighted by atomic mass is 16.5. The maximum atomic E-state index is 11.2. The van der Waals surface area contributed by atoms with Gasteiger partial charge >= 0.3 is 5.97 Å². The SMILES string of the molecule is CCOC(=O)[C@@](C)(N)CC(=O)NC=O. The van der Waals surface area contributed by atoms with Crippen LogP contribution in [-0.4, -0.2) is 30.4 Å². The molecule has 14 heavy (non-hydrogen) atoms. The van der Waals surface area contributed by atoms with Crippen molar-refractivity contribution >= 4 is 18.3 Å². The number of carbonyl (C=O) groups excluding carboxylic acids is 3. The summed E-state index contributed by atoms with van der Waals surface area (Å²) in [6.07, 6.45) is -0.0475. The molecule has 2 amide bonds. The van der Waals surface area contributed by atoms with Crippen molar-refractivity contribution in [3.63, 3.8) is 0 Å². The number of hydrogen-bond acceptors (Lipinski definition) is 5. The first kappa shape index (κ1) is 12.6. The number of nitrogens with two attached hydrogens (primary N) is 1. The van der Waals surface area contributed by atoms with Crippen LogP contribution in [0.4, 0.5) is 0 Å². The van der Waals surface area contributed by atoms with Crippen LogP contribution in [0.2, 0.25) is 0 Å². The number of esters is 1. The molecular formula is C8H14N2O4. The van der Waals surface area contributed by atoms with Crippen LogP contribution in [0.15, 0.2) is 0 Å². The minimum Gasteiger partial charge on any atom is -0.465 e. The summed E-state index contributed by atoms with van der Waals surface area (Å²) in [5, 5.41) is 1.89. The quantitative estimate of drug-likeness (QED) is 0.437. The maximum absolute atomic E-state index is 11.2. The van der Waals surface area contributed by atoms with Crippen molar-refractivity contribution < 1.29 is 19.1 Å². The van der Waals surface area contributed by atoms with Crippen molar-refractivity contribution in [3.05, 3.63) is 0 Å². The Hall–Kier alpha value is -1.43. The highest BCUT2D eigenvalue weighted by Crippen LogP contribution is 2.07. The van der Waals surface area contributed by atoms with E-state index in [0.29, 0.717) is 0 Å². The normalized spacial score (nSPS) is 13.9. The van der Waals surface area contributed by atoms with Gasteiger partial charge in [0, 0.05) is 0 Å². The number of rotatable bonds is 5. The molecule has 80 valence electrons. The highest BCUT2D eigenvalue weighted by Gasteiger charge is 2.32. The Morgan fingerprint density at radius 2 is 2.14 bits per heavy atom. The fourth-order valence-corrected chi connectivity index (χ4v) is 0.818. The second-order valence-electron chi connectivity index (χ2n) is 3.00. The molecule has 3 N–H and O–H groups in total. The van der Waals surface area contributed by atoms with Crippen molar-refractivity contribution in [2.45, 2.75) is 25.8 Å². The lowest BCUT2D eigenvalue weighted by molar-refractivity contribution is -0.151. The molecule has 6 nitrogen and oxygen atoms in total. The number of ether oxygens (including phenoxy) is 1. The Kier molecular flexibility index (Phi) is 4.79. The summed E-state index contributed by atoms with van der Waals surface area (Å²) in [7, 11) is 0. The van der Waals surface area contributed by atoms with E-state index in [-0.39, 0.29) is 19.4 Å². The molecule has 0 aliphatic heterocycles. The summed E-state index contributed by atoms with van der Waals surface area (Å²) in [6.45, 7) is 3.20. The third-order valence-electron chi connectivity index (χ3n) is 1.49. The predicted octanol–water partition coefficient (Wildman–Crippen LogP) is -1.07. The second-order valence-corrected chi connectivity index (χ2v) is 3.00. The average molecular weight is 202 g/mol. The molecule has 0 heterocycles. The van der Waals surface area contributed by atoms with Crippen LogP contribution >= 0.6 is 0 Å². The Morgan fingerprint density at radius 3 is 2.57 bits per heavy atom. The van der Waals surface area contributed by atoms with Gasteiger partial charge in [-0.25, -0.2) is 0 Å². The van der Waals surface area contributed by atoms with Gasteiger partial charge in [0.25, 0.3) is 0 Å². The van der Waals surface area contributed by atoms with E-state index in [0.717, 1.165) is 0 Å². The summed E-state index contributed by atoms with van der Waals surface area (Å²) in [6, 6.07) is 0. The minimum atomic E-state index is -1.40. The highest BCUT2D eigenvalue weighted by molar-refractivity contribution is 5.92. The zero-order valence-electron chi connectivity index (χ0n) is 8.20. The largest absolute Gasteiger partial charge is 0.465 e. The minimum absolute atomic E-state index is 0.195. The van der Waals surface area contributed by atoms with Gasteiger partial charge in [-0.2, -0.15) is 0 Å². The number of amides is 2. The molecular weight excluding hydrogens is 188 g/mol. The molecule has 0 radical (unpaired) electrons. The molecule has 0 aromatic heterocycles. The smallest absolute Gasteiger partial charge is 0.326 e. The summed E-state index contributed by atoms with van der Waals surface area (Å²) in [5.41, 5.74) is 4.13. The van der Waals surface area contributed by atoms with Gasteiger partial charge in [-0.1, -0.05) is 0 Å². The lowest BCUT2D eigenvalue weighted by atomic mass is 9.99. The Balaban J connectivity index is 4.24. The molecule has 0 aliphatic carbocycles. The zero-order valence-corrected chi connectivity index (χ0v) is 8.20. The van der Waals surface area contributed by atoms with Crippen molar-refractivity contribution in [1.82, 2.24) is 5.32 Å². The number of imide groups is 1. The molecule has 1 atom stereocenters. The zero-order chi connectivity index (χ0) is 11.2. The number of carbonyl (C=O) groups is 3. The van der Waals surface area contributed by atoms with E-state index >= 15 is 0 Å². The number of hydrogen-bond donors (Lipinski definition) is 2. The molecule has 6 heteroatoms. The van der Waals surface area contributed by atoms with E-state index in [1.165, 1.54) is 6.92 Å². The first-order valence-corrected chi connectivity index (χ1v) is 4.13. The van der Waals surface area contributed by atoms with Crippen molar-refractivity contribution in [2.24, 2.45) is 5.73 Å². The molecule has 0 fully saturated rings. The molecule has 0 unspecified atom stereocenters. The van der Waals surface area contributed by atoms with Crippen LogP contribution < -0.4 is 11.1 Å². The van der Waals surface area contributed by atoms with E-state index in [1.807, 2.05) is 5.32 Å². The van der Waals surface area contributed by atoms with E-state index < -0.39 is 17.4 Å². The Bertz CT molecular complexity index is 237. The second kappa shape index (κ2) is 5.33. The third-order valence-corrected chi connectivity index (χ3v) is 1.49. The summed E-state index contributed by atoms with van der Waals surface area (Å²) >= 11 is 0. The van der Waals surface area contributed by atoms with Crippen LogP contribution in [0.3, 0.4) is 0 Å². The maximum Gasteiger partial charge on any atom is 0.326 e. The van der Waals surface area contributed by atoms with Gasteiger partial charge in [-0.3, -0.25) is 19.7 Å². The topological polar surface area (TPSA) is 98.5 Å². The van der Waals surface area contributed by atoms with Crippen LogP contribution in [0.25, 0.3) is 0 Å². The van der Waals surface area contributed by atoms with Crippen LogP contribution in [-0.2, 0) is 19.1 Å². The van der Waals surface area contributed by atoms with Crippen LogP contribution in [0.1, 0.15) is 20.3 Å². The molecule has 0 aliphatic rings. The summed E-state index contributed by atoms with van der Waals surface area (Å²) in [4.78, 5) is 32.0. The van der Waals surface area contributed by atoms with Crippen LogP contribution in [0, 0.1) is 0 Å². The van der Waals surface area contributed by atoms with Gasteiger partial charge in [0.2, 0.25) is 12.3 Å². The molecule has 0 bridgehead atoms. The van der Waals surface area contributed by atoms with Crippen molar-refractivity contribution in [3.8, 4) is 0 Å². The lowest BCUT2D eigenvalue weighted by Gasteiger charge is -2.20.